The zero-order valence-electron chi connectivity index (χ0n) is 8.62. The minimum Gasteiger partial charge on any atom is -0.362 e. The maximum absolute atomic E-state index is 12.0. The smallest absolute Gasteiger partial charge is 0.264 e. The van der Waals surface area contributed by atoms with Gasteiger partial charge in [-0.25, -0.2) is 8.42 Å². The summed E-state index contributed by atoms with van der Waals surface area (Å²) in [6.07, 6.45) is 2.45. The van der Waals surface area contributed by atoms with Crippen LogP contribution in [0, 0.1) is 0 Å². The molecule has 17 heavy (non-hydrogen) atoms. The van der Waals surface area contributed by atoms with E-state index in [1.54, 1.807) is 18.2 Å². The molecule has 2 rings (SSSR count). The number of para-hydroxylation sites is 1. The van der Waals surface area contributed by atoms with Crippen molar-refractivity contribution in [1.82, 2.24) is 5.16 Å². The Morgan fingerprint density at radius 2 is 2.06 bits per heavy atom. The van der Waals surface area contributed by atoms with E-state index in [0.717, 1.165) is 0 Å². The number of hydrogen-bond donors (Lipinski definition) is 3. The average Bonchev–Trinajstić information content (AvgIpc) is 2.81. The second-order valence-corrected chi connectivity index (χ2v) is 4.81. The van der Waals surface area contributed by atoms with Crippen LogP contribution < -0.4 is 16.0 Å². The summed E-state index contributed by atoms with van der Waals surface area (Å²) in [6.45, 7) is 0. The summed E-state index contributed by atoms with van der Waals surface area (Å²) in [6, 6.07) is 6.27. The highest BCUT2D eigenvalue weighted by Gasteiger charge is 2.18. The number of rotatable bonds is 4. The summed E-state index contributed by atoms with van der Waals surface area (Å²) in [5.74, 6) is 5.25. The largest absolute Gasteiger partial charge is 0.362 e. The van der Waals surface area contributed by atoms with Crippen molar-refractivity contribution in [3.05, 3.63) is 36.7 Å². The van der Waals surface area contributed by atoms with Gasteiger partial charge in [0.1, 0.15) is 16.8 Å². The van der Waals surface area contributed by atoms with Crippen molar-refractivity contribution in [2.24, 2.45) is 5.84 Å². The second-order valence-electron chi connectivity index (χ2n) is 3.16. The van der Waals surface area contributed by atoms with Gasteiger partial charge in [0.05, 0.1) is 11.9 Å². The Labute approximate surface area is 97.6 Å². The van der Waals surface area contributed by atoms with Gasteiger partial charge in [-0.2, -0.15) is 0 Å². The fourth-order valence-corrected chi connectivity index (χ4v) is 2.48. The number of nitrogens with two attached hydrogens (primary N) is 1. The van der Waals surface area contributed by atoms with Crippen molar-refractivity contribution in [1.29, 1.82) is 0 Å². The molecular weight excluding hydrogens is 244 g/mol. The number of anilines is 2. The number of hydrogen-bond acceptors (Lipinski definition) is 6. The van der Waals surface area contributed by atoms with E-state index >= 15 is 0 Å². The van der Waals surface area contributed by atoms with Gasteiger partial charge in [0, 0.05) is 0 Å². The van der Waals surface area contributed by atoms with Gasteiger partial charge in [0.2, 0.25) is 0 Å². The minimum absolute atomic E-state index is 0.0451. The fraction of sp³-hybridized carbons (Fsp3) is 0. The van der Waals surface area contributed by atoms with Crippen molar-refractivity contribution < 1.29 is 12.9 Å². The van der Waals surface area contributed by atoms with Crippen LogP contribution in [0.4, 0.5) is 11.4 Å². The van der Waals surface area contributed by atoms with E-state index in [2.05, 4.69) is 19.8 Å². The first-order chi connectivity index (χ1) is 8.13. The van der Waals surface area contributed by atoms with Crippen LogP contribution in [-0.2, 0) is 10.0 Å². The number of sulfonamides is 1. The van der Waals surface area contributed by atoms with E-state index < -0.39 is 10.0 Å². The molecule has 0 fully saturated rings. The third kappa shape index (κ3) is 2.37. The molecule has 0 saturated heterocycles. The molecule has 2 aromatic rings. The molecule has 0 unspecified atom stereocenters. The van der Waals surface area contributed by atoms with Crippen molar-refractivity contribution in [2.75, 3.05) is 10.1 Å². The van der Waals surface area contributed by atoms with Gasteiger partial charge in [-0.3, -0.25) is 10.6 Å². The minimum atomic E-state index is -3.72. The number of nitrogens with one attached hydrogen (secondary N) is 2. The molecule has 0 aliphatic heterocycles. The number of nitrogens with zero attached hydrogens (tertiary/aromatic N) is 1. The zero-order chi connectivity index (χ0) is 12.3. The Kier molecular flexibility index (Phi) is 2.98. The van der Waals surface area contributed by atoms with Crippen LogP contribution >= 0.6 is 0 Å². The highest BCUT2D eigenvalue weighted by Crippen LogP contribution is 2.22. The van der Waals surface area contributed by atoms with Crippen molar-refractivity contribution >= 4 is 21.4 Å². The summed E-state index contributed by atoms with van der Waals surface area (Å²) < 4.78 is 30.9. The summed E-state index contributed by atoms with van der Waals surface area (Å²) in [4.78, 5) is 0.0451. The van der Waals surface area contributed by atoms with E-state index in [-0.39, 0.29) is 10.6 Å². The topological polar surface area (TPSA) is 110 Å². The highest BCUT2D eigenvalue weighted by molar-refractivity contribution is 7.92. The predicted octanol–water partition coefficient (Wildman–Crippen LogP) is 0.761. The standard InChI is InChI=1S/C9H10N4O3S/c10-12-8-3-1-2-4-9(8)17(14,15)13-7-5-11-16-6-7/h1-6,12-13H,10H2. The van der Waals surface area contributed by atoms with Crippen LogP contribution in [-0.4, -0.2) is 13.6 Å². The molecule has 0 atom stereocenters. The molecule has 0 aliphatic rings. The third-order valence-electron chi connectivity index (χ3n) is 2.02. The Morgan fingerprint density at radius 3 is 2.71 bits per heavy atom. The second kappa shape index (κ2) is 4.44. The molecule has 0 aliphatic carbocycles. The maximum atomic E-state index is 12.0. The molecular formula is C9H10N4O3S. The Bertz CT molecular complexity index is 594. The molecule has 7 nitrogen and oxygen atoms in total. The van der Waals surface area contributed by atoms with Gasteiger partial charge < -0.3 is 9.95 Å². The molecule has 90 valence electrons. The lowest BCUT2D eigenvalue weighted by Crippen LogP contribution is -2.17. The summed E-state index contributed by atoms with van der Waals surface area (Å²) in [5.41, 5.74) is 2.87. The van der Waals surface area contributed by atoms with Crippen LogP contribution in [0.2, 0.25) is 0 Å². The lowest BCUT2D eigenvalue weighted by Gasteiger charge is -2.09. The van der Waals surface area contributed by atoms with Crippen molar-refractivity contribution in [3.8, 4) is 0 Å². The number of benzene rings is 1. The van der Waals surface area contributed by atoms with Crippen LogP contribution in [0.25, 0.3) is 0 Å². The molecule has 8 heteroatoms. The van der Waals surface area contributed by atoms with Crippen molar-refractivity contribution in [3.63, 3.8) is 0 Å². The van der Waals surface area contributed by atoms with Crippen molar-refractivity contribution in [2.45, 2.75) is 4.90 Å². The van der Waals surface area contributed by atoms with Gasteiger partial charge in [-0.15, -0.1) is 0 Å². The normalized spacial score (nSPS) is 11.1. The van der Waals surface area contributed by atoms with Crippen LogP contribution in [0.1, 0.15) is 0 Å². The SMILES string of the molecule is NNc1ccccc1S(=O)(=O)Nc1cnoc1. The Hall–Kier alpha value is -2.06. The molecule has 4 N–H and O–H groups in total. The molecule has 1 aromatic heterocycles. The molecule has 0 amide bonds. The van der Waals surface area contributed by atoms with Gasteiger partial charge in [-0.1, -0.05) is 17.3 Å². The number of nitrogen functional groups attached to an aromatic ring is 1. The zero-order valence-corrected chi connectivity index (χ0v) is 9.44. The first-order valence-electron chi connectivity index (χ1n) is 4.61. The van der Waals surface area contributed by atoms with E-state index in [1.807, 2.05) is 0 Å². The summed E-state index contributed by atoms with van der Waals surface area (Å²) in [5, 5.41) is 3.40. The van der Waals surface area contributed by atoms with Gasteiger partial charge in [0.25, 0.3) is 10.0 Å². The number of hydrazine groups is 1. The van der Waals surface area contributed by atoms with E-state index in [9.17, 15) is 8.42 Å². The maximum Gasteiger partial charge on any atom is 0.264 e. The van der Waals surface area contributed by atoms with Gasteiger partial charge in [0.15, 0.2) is 0 Å². The lowest BCUT2D eigenvalue weighted by molar-refractivity contribution is 0.420. The van der Waals surface area contributed by atoms with E-state index in [4.69, 9.17) is 5.84 Å². The summed E-state index contributed by atoms with van der Waals surface area (Å²) in [7, 11) is -3.72. The van der Waals surface area contributed by atoms with Crippen LogP contribution in [0.5, 0.6) is 0 Å². The third-order valence-corrected chi connectivity index (χ3v) is 3.46. The lowest BCUT2D eigenvalue weighted by atomic mass is 10.3. The molecule has 0 bridgehead atoms. The molecule has 0 radical (unpaired) electrons. The highest BCUT2D eigenvalue weighted by atomic mass is 32.2. The first kappa shape index (κ1) is 11.4. The Morgan fingerprint density at radius 1 is 1.29 bits per heavy atom. The monoisotopic (exact) mass is 254 g/mol. The van der Waals surface area contributed by atoms with Gasteiger partial charge in [-0.05, 0) is 12.1 Å². The summed E-state index contributed by atoms with van der Waals surface area (Å²) >= 11 is 0. The molecule has 1 heterocycles. The number of aromatic nitrogens is 1. The van der Waals surface area contributed by atoms with Crippen LogP contribution in [0.15, 0.2) is 46.1 Å². The fourth-order valence-electron chi connectivity index (χ4n) is 1.29. The molecule has 0 saturated carbocycles. The average molecular weight is 254 g/mol. The van der Waals surface area contributed by atoms with Gasteiger partial charge >= 0.3 is 0 Å². The predicted molar refractivity (Wildman–Crippen MR) is 61.6 cm³/mol. The first-order valence-corrected chi connectivity index (χ1v) is 6.09. The van der Waals surface area contributed by atoms with Crippen LogP contribution in [0.3, 0.4) is 0 Å². The Balaban J connectivity index is 2.38. The molecule has 0 spiro atoms. The quantitative estimate of drug-likeness (QED) is 0.549. The van der Waals surface area contributed by atoms with E-state index in [1.165, 1.54) is 18.5 Å². The van der Waals surface area contributed by atoms with E-state index in [0.29, 0.717) is 5.69 Å². The molecule has 1 aromatic carbocycles.